The van der Waals surface area contributed by atoms with Gasteiger partial charge in [-0.3, -0.25) is 4.79 Å². The van der Waals surface area contributed by atoms with Gasteiger partial charge >= 0.3 is 0 Å². The number of amides is 1. The Kier molecular flexibility index (Phi) is 3.99. The molecule has 0 aromatic heterocycles. The fraction of sp³-hybridized carbons (Fsp3) is 0.500. The van der Waals surface area contributed by atoms with Crippen molar-refractivity contribution in [2.45, 2.75) is 31.8 Å². The van der Waals surface area contributed by atoms with Gasteiger partial charge in [-0.2, -0.15) is 0 Å². The van der Waals surface area contributed by atoms with Crippen LogP contribution in [0.5, 0.6) is 0 Å². The van der Waals surface area contributed by atoms with Crippen molar-refractivity contribution in [1.29, 1.82) is 0 Å². The quantitative estimate of drug-likeness (QED) is 0.847. The third-order valence-corrected chi connectivity index (χ3v) is 3.55. The fourth-order valence-electron chi connectivity index (χ4n) is 2.10. The first-order valence-corrected chi connectivity index (χ1v) is 6.31. The first-order valence-electron chi connectivity index (χ1n) is 6.31. The molecule has 1 saturated heterocycles. The van der Waals surface area contributed by atoms with Crippen LogP contribution in [0, 0.1) is 0 Å². The lowest BCUT2D eigenvalue weighted by Crippen LogP contribution is -2.46. The van der Waals surface area contributed by atoms with E-state index in [0.29, 0.717) is 5.56 Å². The maximum atomic E-state index is 11.0. The summed E-state index contributed by atoms with van der Waals surface area (Å²) in [5.41, 5.74) is 7.07. The van der Waals surface area contributed by atoms with Crippen LogP contribution in [0.3, 0.4) is 0 Å². The lowest BCUT2D eigenvalue weighted by atomic mass is 9.92. The standard InChI is InChI=1S/C14H20N2O2/c1-14(6-8-18-9-7-14)16-10-11-2-4-12(5-3-11)13(15)17/h2-5,16H,6-10H2,1H3,(H2,15,17). The van der Waals surface area contributed by atoms with Gasteiger partial charge in [-0.25, -0.2) is 0 Å². The molecule has 0 saturated carbocycles. The van der Waals surface area contributed by atoms with Crippen molar-refractivity contribution in [2.24, 2.45) is 5.73 Å². The van der Waals surface area contributed by atoms with Crippen LogP contribution in [-0.4, -0.2) is 24.7 Å². The molecule has 0 bridgehead atoms. The summed E-state index contributed by atoms with van der Waals surface area (Å²) in [5, 5.41) is 3.57. The second-order valence-corrected chi connectivity index (χ2v) is 5.09. The summed E-state index contributed by atoms with van der Waals surface area (Å²) in [6.07, 6.45) is 2.07. The highest BCUT2D eigenvalue weighted by atomic mass is 16.5. The largest absolute Gasteiger partial charge is 0.381 e. The van der Waals surface area contributed by atoms with Crippen LogP contribution < -0.4 is 11.1 Å². The molecule has 1 aliphatic heterocycles. The first-order chi connectivity index (χ1) is 8.59. The van der Waals surface area contributed by atoms with E-state index in [1.807, 2.05) is 12.1 Å². The second kappa shape index (κ2) is 5.50. The molecule has 2 rings (SSSR count). The van der Waals surface area contributed by atoms with E-state index in [4.69, 9.17) is 10.5 Å². The highest BCUT2D eigenvalue weighted by molar-refractivity contribution is 5.92. The predicted molar refractivity (Wildman–Crippen MR) is 70.3 cm³/mol. The minimum absolute atomic E-state index is 0.153. The van der Waals surface area contributed by atoms with Crippen LogP contribution in [0.25, 0.3) is 0 Å². The number of nitrogens with one attached hydrogen (secondary N) is 1. The normalized spacial score (nSPS) is 18.5. The molecule has 0 aliphatic carbocycles. The highest BCUT2D eigenvalue weighted by Crippen LogP contribution is 2.20. The van der Waals surface area contributed by atoms with Crippen molar-refractivity contribution in [3.63, 3.8) is 0 Å². The number of benzene rings is 1. The van der Waals surface area contributed by atoms with Gasteiger partial charge < -0.3 is 15.8 Å². The molecular weight excluding hydrogens is 228 g/mol. The number of primary amides is 1. The lowest BCUT2D eigenvalue weighted by Gasteiger charge is -2.34. The summed E-state index contributed by atoms with van der Waals surface area (Å²) < 4.78 is 5.37. The van der Waals surface area contributed by atoms with Crippen molar-refractivity contribution in [3.05, 3.63) is 35.4 Å². The second-order valence-electron chi connectivity index (χ2n) is 5.09. The fourth-order valence-corrected chi connectivity index (χ4v) is 2.10. The molecule has 0 unspecified atom stereocenters. The molecule has 0 spiro atoms. The molecule has 18 heavy (non-hydrogen) atoms. The van der Waals surface area contributed by atoms with E-state index < -0.39 is 0 Å². The van der Waals surface area contributed by atoms with Crippen molar-refractivity contribution in [1.82, 2.24) is 5.32 Å². The molecule has 4 heteroatoms. The molecule has 0 atom stereocenters. The predicted octanol–water partition coefficient (Wildman–Crippen LogP) is 1.44. The lowest BCUT2D eigenvalue weighted by molar-refractivity contribution is 0.0446. The van der Waals surface area contributed by atoms with Crippen LogP contribution in [0.15, 0.2) is 24.3 Å². The van der Waals surface area contributed by atoms with Gasteiger partial charge in [0.2, 0.25) is 5.91 Å². The molecule has 1 heterocycles. The number of nitrogens with two attached hydrogens (primary N) is 1. The number of carbonyl (C=O) groups is 1. The molecule has 1 aromatic carbocycles. The Hall–Kier alpha value is -1.39. The molecule has 1 aliphatic rings. The number of ether oxygens (including phenoxy) is 1. The monoisotopic (exact) mass is 248 g/mol. The maximum absolute atomic E-state index is 11.0. The van der Waals surface area contributed by atoms with E-state index in [9.17, 15) is 4.79 Å². The molecule has 3 N–H and O–H groups in total. The zero-order valence-electron chi connectivity index (χ0n) is 10.7. The van der Waals surface area contributed by atoms with Gasteiger partial charge in [-0.05, 0) is 37.5 Å². The number of hydrogen-bond acceptors (Lipinski definition) is 3. The van der Waals surface area contributed by atoms with Gasteiger partial charge in [0.1, 0.15) is 0 Å². The zero-order valence-corrected chi connectivity index (χ0v) is 10.7. The third-order valence-electron chi connectivity index (χ3n) is 3.55. The molecular formula is C14H20N2O2. The Morgan fingerprint density at radius 3 is 2.50 bits per heavy atom. The van der Waals surface area contributed by atoms with Gasteiger partial charge in [0.05, 0.1) is 0 Å². The van der Waals surface area contributed by atoms with Crippen molar-refractivity contribution < 1.29 is 9.53 Å². The van der Waals surface area contributed by atoms with Gasteiger partial charge in [-0.1, -0.05) is 12.1 Å². The van der Waals surface area contributed by atoms with Gasteiger partial charge in [-0.15, -0.1) is 0 Å². The molecule has 0 radical (unpaired) electrons. The van der Waals surface area contributed by atoms with E-state index >= 15 is 0 Å². The summed E-state index contributed by atoms with van der Waals surface area (Å²) in [7, 11) is 0. The Bertz CT molecular complexity index is 408. The van der Waals surface area contributed by atoms with Crippen molar-refractivity contribution in [2.75, 3.05) is 13.2 Å². The number of rotatable bonds is 4. The van der Waals surface area contributed by atoms with E-state index in [1.165, 1.54) is 0 Å². The summed E-state index contributed by atoms with van der Waals surface area (Å²) in [6, 6.07) is 7.42. The maximum Gasteiger partial charge on any atom is 0.248 e. The summed E-state index contributed by atoms with van der Waals surface area (Å²) in [5.74, 6) is -0.383. The van der Waals surface area contributed by atoms with E-state index in [-0.39, 0.29) is 11.4 Å². The Labute approximate surface area is 108 Å². The Morgan fingerprint density at radius 2 is 1.94 bits per heavy atom. The molecule has 98 valence electrons. The SMILES string of the molecule is CC1(NCc2ccc(C(N)=O)cc2)CCOCC1. The molecule has 1 fully saturated rings. The van der Waals surface area contributed by atoms with Crippen LogP contribution in [-0.2, 0) is 11.3 Å². The smallest absolute Gasteiger partial charge is 0.248 e. The van der Waals surface area contributed by atoms with E-state index in [2.05, 4.69) is 12.2 Å². The van der Waals surface area contributed by atoms with Crippen LogP contribution in [0.2, 0.25) is 0 Å². The van der Waals surface area contributed by atoms with Crippen LogP contribution in [0.1, 0.15) is 35.7 Å². The van der Waals surface area contributed by atoms with E-state index in [0.717, 1.165) is 38.2 Å². The minimum Gasteiger partial charge on any atom is -0.381 e. The Morgan fingerprint density at radius 1 is 1.33 bits per heavy atom. The first kappa shape index (κ1) is 13.1. The third kappa shape index (κ3) is 3.31. The topological polar surface area (TPSA) is 64.3 Å². The van der Waals surface area contributed by atoms with Crippen molar-refractivity contribution in [3.8, 4) is 0 Å². The summed E-state index contributed by atoms with van der Waals surface area (Å²) in [4.78, 5) is 11.0. The number of carbonyl (C=O) groups excluding carboxylic acids is 1. The highest BCUT2D eigenvalue weighted by Gasteiger charge is 2.26. The average molecular weight is 248 g/mol. The van der Waals surface area contributed by atoms with Gasteiger partial charge in [0.25, 0.3) is 0 Å². The van der Waals surface area contributed by atoms with Crippen LogP contribution in [0.4, 0.5) is 0 Å². The van der Waals surface area contributed by atoms with Crippen molar-refractivity contribution >= 4 is 5.91 Å². The van der Waals surface area contributed by atoms with Crippen LogP contribution >= 0.6 is 0 Å². The molecule has 1 amide bonds. The molecule has 1 aromatic rings. The minimum atomic E-state index is -0.383. The average Bonchev–Trinajstić information content (AvgIpc) is 2.38. The number of hydrogen-bond donors (Lipinski definition) is 2. The summed E-state index contributed by atoms with van der Waals surface area (Å²) in [6.45, 7) is 4.68. The van der Waals surface area contributed by atoms with E-state index in [1.54, 1.807) is 12.1 Å². The van der Waals surface area contributed by atoms with Gasteiger partial charge in [0.15, 0.2) is 0 Å². The zero-order chi connectivity index (χ0) is 13.0. The summed E-state index contributed by atoms with van der Waals surface area (Å²) >= 11 is 0. The molecule has 4 nitrogen and oxygen atoms in total. The van der Waals surface area contributed by atoms with Gasteiger partial charge in [0, 0.05) is 30.9 Å². The Balaban J connectivity index is 1.91.